The minimum absolute atomic E-state index is 0.0738. The van der Waals surface area contributed by atoms with Gasteiger partial charge in [0.1, 0.15) is 11.9 Å². The summed E-state index contributed by atoms with van der Waals surface area (Å²) in [4.78, 5) is 30.4. The molecule has 0 saturated carbocycles. The first-order valence-corrected chi connectivity index (χ1v) is 10.1. The molecule has 2 aromatic rings. The number of morpholine rings is 1. The van der Waals surface area contributed by atoms with Crippen molar-refractivity contribution in [1.82, 2.24) is 9.88 Å². The van der Waals surface area contributed by atoms with Gasteiger partial charge in [-0.3, -0.25) is 4.90 Å². The van der Waals surface area contributed by atoms with Gasteiger partial charge in [0, 0.05) is 17.1 Å². The lowest BCUT2D eigenvalue weighted by molar-refractivity contribution is -0.0331. The number of benzene rings is 1. The zero-order valence-electron chi connectivity index (χ0n) is 17.4. The number of ether oxygens (including phenoxy) is 3. The number of rotatable bonds is 4. The summed E-state index contributed by atoms with van der Waals surface area (Å²) in [6.07, 6.45) is 0.822. The van der Waals surface area contributed by atoms with Gasteiger partial charge in [0.2, 0.25) is 5.89 Å². The highest BCUT2D eigenvalue weighted by molar-refractivity contribution is 6.30. The van der Waals surface area contributed by atoms with Crippen molar-refractivity contribution in [2.24, 2.45) is 0 Å². The van der Waals surface area contributed by atoms with Gasteiger partial charge in [0.25, 0.3) is 0 Å². The molecular weight excluding hydrogens is 412 g/mol. The molecule has 1 fully saturated rings. The van der Waals surface area contributed by atoms with Crippen LogP contribution in [0.5, 0.6) is 0 Å². The van der Waals surface area contributed by atoms with Crippen LogP contribution in [-0.4, -0.2) is 53.9 Å². The van der Waals surface area contributed by atoms with E-state index in [1.54, 1.807) is 24.0 Å². The van der Waals surface area contributed by atoms with Gasteiger partial charge in [0.05, 0.1) is 25.9 Å². The maximum absolute atomic E-state index is 12.7. The van der Waals surface area contributed by atoms with Crippen molar-refractivity contribution in [3.63, 3.8) is 0 Å². The molecule has 162 valence electrons. The van der Waals surface area contributed by atoms with Crippen LogP contribution in [0.3, 0.4) is 0 Å². The average Bonchev–Trinajstić information content (AvgIpc) is 3.17. The third-order valence-electron chi connectivity index (χ3n) is 4.30. The van der Waals surface area contributed by atoms with E-state index >= 15 is 0 Å². The van der Waals surface area contributed by atoms with Crippen LogP contribution in [0.15, 0.2) is 28.9 Å². The molecule has 0 N–H and O–H groups in total. The molecule has 30 heavy (non-hydrogen) atoms. The van der Waals surface area contributed by atoms with Gasteiger partial charge in [0.15, 0.2) is 5.69 Å². The lowest BCUT2D eigenvalue weighted by atomic mass is 10.0. The number of esters is 1. The first-order chi connectivity index (χ1) is 14.2. The number of hydrogen-bond acceptors (Lipinski definition) is 7. The van der Waals surface area contributed by atoms with E-state index in [1.165, 1.54) is 6.26 Å². The normalized spacial score (nSPS) is 17.0. The lowest BCUT2D eigenvalue weighted by Crippen LogP contribution is -2.45. The van der Waals surface area contributed by atoms with Crippen molar-refractivity contribution in [2.45, 2.75) is 39.3 Å². The average molecular weight is 437 g/mol. The smallest absolute Gasteiger partial charge is 0.410 e. The van der Waals surface area contributed by atoms with E-state index in [0.717, 1.165) is 5.56 Å². The molecule has 0 bridgehead atoms. The second kappa shape index (κ2) is 9.06. The Hall–Kier alpha value is -2.58. The van der Waals surface area contributed by atoms with Crippen LogP contribution in [0.1, 0.15) is 49.8 Å². The molecule has 2 heterocycles. The Balaban J connectivity index is 1.90. The van der Waals surface area contributed by atoms with E-state index in [-0.39, 0.29) is 24.2 Å². The largest absolute Gasteiger partial charge is 0.461 e. The fourth-order valence-corrected chi connectivity index (χ4v) is 3.30. The Kier molecular flexibility index (Phi) is 6.67. The monoisotopic (exact) mass is 436 g/mol. The maximum atomic E-state index is 12.7. The van der Waals surface area contributed by atoms with Crippen molar-refractivity contribution < 1.29 is 28.2 Å². The molecule has 1 atom stereocenters. The van der Waals surface area contributed by atoms with Crippen molar-refractivity contribution in [3.05, 3.63) is 40.7 Å². The number of halogens is 1. The molecule has 1 aliphatic rings. The van der Waals surface area contributed by atoms with Gasteiger partial charge in [-0.15, -0.1) is 0 Å². The molecule has 0 spiro atoms. The molecule has 3 rings (SSSR count). The van der Waals surface area contributed by atoms with E-state index in [1.807, 2.05) is 26.8 Å². The molecule has 1 saturated heterocycles. The fourth-order valence-electron chi connectivity index (χ4n) is 3.05. The minimum atomic E-state index is -0.610. The molecular formula is C21H25ClN2O6. The molecule has 9 heteroatoms. The predicted octanol–water partition coefficient (Wildman–Crippen LogP) is 4.48. The quantitative estimate of drug-likeness (QED) is 0.652. The number of aromatic nitrogens is 1. The number of carbonyl (C=O) groups excluding carboxylic acids is 2. The highest BCUT2D eigenvalue weighted by Crippen LogP contribution is 2.32. The summed E-state index contributed by atoms with van der Waals surface area (Å²) in [5.41, 5.74) is 0.785. The van der Waals surface area contributed by atoms with Crippen molar-refractivity contribution in [3.8, 4) is 11.5 Å². The van der Waals surface area contributed by atoms with E-state index < -0.39 is 17.7 Å². The summed E-state index contributed by atoms with van der Waals surface area (Å²) < 4.78 is 21.5. The third kappa shape index (κ3) is 5.31. The Morgan fingerprint density at radius 3 is 2.77 bits per heavy atom. The first-order valence-electron chi connectivity index (χ1n) is 9.69. The van der Waals surface area contributed by atoms with Crippen LogP contribution in [0.25, 0.3) is 11.5 Å². The molecule has 1 aromatic heterocycles. The third-order valence-corrected chi connectivity index (χ3v) is 4.52. The summed E-state index contributed by atoms with van der Waals surface area (Å²) in [6, 6.07) is 4.86. The van der Waals surface area contributed by atoms with E-state index in [4.69, 9.17) is 30.2 Å². The number of hydrogen-bond donors (Lipinski definition) is 0. The Labute approximate surface area is 180 Å². The van der Waals surface area contributed by atoms with Gasteiger partial charge < -0.3 is 18.6 Å². The van der Waals surface area contributed by atoms with Crippen molar-refractivity contribution in [2.75, 3.05) is 26.4 Å². The van der Waals surface area contributed by atoms with Crippen LogP contribution in [-0.2, 0) is 14.2 Å². The molecule has 1 aliphatic heterocycles. The highest BCUT2D eigenvalue weighted by Gasteiger charge is 2.32. The molecule has 1 aromatic carbocycles. The highest BCUT2D eigenvalue weighted by atomic mass is 35.5. The number of nitrogens with zero attached hydrogens (tertiary/aromatic N) is 2. The number of amides is 1. The zero-order chi connectivity index (χ0) is 21.9. The summed E-state index contributed by atoms with van der Waals surface area (Å²) in [7, 11) is 0. The van der Waals surface area contributed by atoms with Crippen LogP contribution in [0.4, 0.5) is 4.79 Å². The minimum Gasteiger partial charge on any atom is -0.461 e. The van der Waals surface area contributed by atoms with E-state index in [9.17, 15) is 9.59 Å². The van der Waals surface area contributed by atoms with Crippen molar-refractivity contribution in [1.29, 1.82) is 0 Å². The van der Waals surface area contributed by atoms with E-state index in [2.05, 4.69) is 4.98 Å². The molecule has 0 aliphatic carbocycles. The van der Waals surface area contributed by atoms with Crippen LogP contribution in [0, 0.1) is 0 Å². The Morgan fingerprint density at radius 1 is 1.30 bits per heavy atom. The SMILES string of the molecule is CCOC(=O)c1coc(-c2cc(Cl)cc([C@@H]3COCCN3C(=O)OC(C)(C)C)c2)n1. The Bertz CT molecular complexity index is 920. The summed E-state index contributed by atoms with van der Waals surface area (Å²) in [5.74, 6) is -0.339. The zero-order valence-corrected chi connectivity index (χ0v) is 18.2. The second-order valence-corrected chi connectivity index (χ2v) is 8.23. The standard InChI is InChI=1S/C21H25ClN2O6/c1-5-28-19(25)16-11-29-18(23-16)14-8-13(9-15(22)10-14)17-12-27-7-6-24(17)20(26)30-21(2,3)4/h8-11,17H,5-7,12H2,1-4H3/t17-/m0/s1. The number of oxazole rings is 1. The van der Waals surface area contributed by atoms with Crippen LogP contribution in [0.2, 0.25) is 5.02 Å². The van der Waals surface area contributed by atoms with Crippen LogP contribution < -0.4 is 0 Å². The fraction of sp³-hybridized carbons (Fsp3) is 0.476. The molecule has 8 nitrogen and oxygen atoms in total. The Morgan fingerprint density at radius 2 is 2.07 bits per heavy atom. The van der Waals surface area contributed by atoms with Crippen LogP contribution >= 0.6 is 11.6 Å². The second-order valence-electron chi connectivity index (χ2n) is 7.80. The van der Waals surface area contributed by atoms with E-state index in [0.29, 0.717) is 30.3 Å². The number of carbonyl (C=O) groups is 2. The predicted molar refractivity (Wildman–Crippen MR) is 109 cm³/mol. The van der Waals surface area contributed by atoms with Gasteiger partial charge >= 0.3 is 12.1 Å². The molecule has 1 amide bonds. The van der Waals surface area contributed by atoms with Gasteiger partial charge in [-0.05, 0) is 51.5 Å². The molecule has 0 radical (unpaired) electrons. The van der Waals surface area contributed by atoms with Gasteiger partial charge in [-0.1, -0.05) is 11.6 Å². The summed E-state index contributed by atoms with van der Waals surface area (Å²) in [6.45, 7) is 8.54. The summed E-state index contributed by atoms with van der Waals surface area (Å²) >= 11 is 6.34. The lowest BCUT2D eigenvalue weighted by Gasteiger charge is -2.37. The van der Waals surface area contributed by atoms with Gasteiger partial charge in [-0.25, -0.2) is 14.6 Å². The topological polar surface area (TPSA) is 91.1 Å². The maximum Gasteiger partial charge on any atom is 0.410 e. The van der Waals surface area contributed by atoms with Crippen molar-refractivity contribution >= 4 is 23.7 Å². The summed E-state index contributed by atoms with van der Waals surface area (Å²) in [5, 5.41) is 0.438. The first kappa shape index (κ1) is 22.1. The molecule has 0 unspecified atom stereocenters. The van der Waals surface area contributed by atoms with Gasteiger partial charge in [-0.2, -0.15) is 0 Å².